The topological polar surface area (TPSA) is 83.9 Å². The van der Waals surface area contributed by atoms with Crippen molar-refractivity contribution in [3.05, 3.63) is 35.4 Å². The fraction of sp³-hybridized carbons (Fsp3) is 0.182. The van der Waals surface area contributed by atoms with Gasteiger partial charge in [-0.25, -0.2) is 0 Å². The summed E-state index contributed by atoms with van der Waals surface area (Å²) in [5.74, 6) is 0.549. The Kier molecular flexibility index (Phi) is 2.66. The summed E-state index contributed by atoms with van der Waals surface area (Å²) in [4.78, 5) is 11.8. The molecule has 0 unspecified atom stereocenters. The Morgan fingerprint density at radius 2 is 2.41 bits per heavy atom. The lowest BCUT2D eigenvalue weighted by molar-refractivity contribution is 0.102. The van der Waals surface area contributed by atoms with Gasteiger partial charge in [-0.1, -0.05) is 0 Å². The molecule has 0 saturated carbocycles. The highest BCUT2D eigenvalue weighted by Gasteiger charge is 2.13. The average Bonchev–Trinajstić information content (AvgIpc) is 2.85. The molecule has 0 bridgehead atoms. The fourth-order valence-corrected chi connectivity index (χ4v) is 1.40. The number of amides is 1. The molecule has 0 atom stereocenters. The predicted molar refractivity (Wildman–Crippen MR) is 59.3 cm³/mol. The molecule has 17 heavy (non-hydrogen) atoms. The van der Waals surface area contributed by atoms with E-state index in [1.807, 2.05) is 6.07 Å². The van der Waals surface area contributed by atoms with Crippen LogP contribution in [0.4, 0.5) is 5.82 Å². The zero-order valence-corrected chi connectivity index (χ0v) is 9.39. The summed E-state index contributed by atoms with van der Waals surface area (Å²) in [7, 11) is 1.68. The lowest BCUT2D eigenvalue weighted by Gasteiger charge is -1.98. The van der Waals surface area contributed by atoms with E-state index in [9.17, 15) is 4.79 Å². The van der Waals surface area contributed by atoms with Crippen LogP contribution in [0.5, 0.6) is 0 Å². The molecule has 0 spiro atoms. The van der Waals surface area contributed by atoms with E-state index in [0.29, 0.717) is 16.9 Å². The van der Waals surface area contributed by atoms with E-state index in [1.54, 1.807) is 20.0 Å². The number of hydrogen-bond acceptors (Lipinski definition) is 4. The predicted octanol–water partition coefficient (Wildman–Crippen LogP) is 1.45. The maximum Gasteiger partial charge on any atom is 0.260 e. The van der Waals surface area contributed by atoms with Crippen LogP contribution in [-0.4, -0.2) is 15.7 Å². The Hall–Kier alpha value is -2.55. The van der Waals surface area contributed by atoms with E-state index in [-0.39, 0.29) is 11.7 Å². The van der Waals surface area contributed by atoms with Crippen molar-refractivity contribution >= 4 is 11.7 Å². The zero-order valence-electron chi connectivity index (χ0n) is 9.39. The van der Waals surface area contributed by atoms with Gasteiger partial charge >= 0.3 is 0 Å². The minimum Gasteiger partial charge on any atom is -0.469 e. The molecule has 0 aromatic carbocycles. The van der Waals surface area contributed by atoms with E-state index in [1.165, 1.54) is 17.1 Å². The van der Waals surface area contributed by atoms with Crippen LogP contribution in [0.25, 0.3) is 0 Å². The van der Waals surface area contributed by atoms with Gasteiger partial charge in [-0.05, 0) is 13.0 Å². The summed E-state index contributed by atoms with van der Waals surface area (Å²) in [6.07, 6.45) is 2.90. The fourth-order valence-electron chi connectivity index (χ4n) is 1.40. The molecule has 2 rings (SSSR count). The average molecular weight is 230 g/mol. The minimum atomic E-state index is -0.350. The number of nitriles is 1. The number of hydrogen-bond donors (Lipinski definition) is 1. The Labute approximate surface area is 97.5 Å². The summed E-state index contributed by atoms with van der Waals surface area (Å²) in [6.45, 7) is 1.75. The standard InChI is InChI=1S/C11H10N4O2/c1-7-3-8(6-17-7)11(16)13-10-9(4-12)5-15(2)14-10/h3,5-6H,1-2H3,(H,13,14,16). The smallest absolute Gasteiger partial charge is 0.260 e. The number of furan rings is 1. The Balaban J connectivity index is 2.21. The van der Waals surface area contributed by atoms with Gasteiger partial charge in [0.2, 0.25) is 0 Å². The van der Waals surface area contributed by atoms with Crippen molar-refractivity contribution in [3.8, 4) is 6.07 Å². The molecule has 0 aliphatic heterocycles. The number of nitrogens with zero attached hydrogens (tertiary/aromatic N) is 3. The zero-order chi connectivity index (χ0) is 12.4. The highest BCUT2D eigenvalue weighted by molar-refractivity contribution is 6.04. The highest BCUT2D eigenvalue weighted by atomic mass is 16.3. The van der Waals surface area contributed by atoms with Crippen molar-refractivity contribution in [1.82, 2.24) is 9.78 Å². The normalized spacial score (nSPS) is 9.94. The van der Waals surface area contributed by atoms with Crippen LogP contribution in [0, 0.1) is 18.3 Å². The third kappa shape index (κ3) is 2.18. The molecule has 2 aromatic rings. The van der Waals surface area contributed by atoms with Crippen LogP contribution in [-0.2, 0) is 7.05 Å². The van der Waals surface area contributed by atoms with Crippen molar-refractivity contribution in [2.75, 3.05) is 5.32 Å². The summed E-state index contributed by atoms with van der Waals surface area (Å²) in [6, 6.07) is 3.57. The second-order valence-electron chi connectivity index (χ2n) is 3.58. The van der Waals surface area contributed by atoms with Crippen molar-refractivity contribution in [2.24, 2.45) is 7.05 Å². The van der Waals surface area contributed by atoms with Gasteiger partial charge in [0.05, 0.1) is 5.56 Å². The summed E-state index contributed by atoms with van der Waals surface area (Å²) in [5.41, 5.74) is 0.720. The maximum absolute atomic E-state index is 11.8. The maximum atomic E-state index is 11.8. The van der Waals surface area contributed by atoms with Crippen LogP contribution in [0.2, 0.25) is 0 Å². The van der Waals surface area contributed by atoms with Crippen LogP contribution in [0.3, 0.4) is 0 Å². The van der Waals surface area contributed by atoms with E-state index in [2.05, 4.69) is 10.4 Å². The van der Waals surface area contributed by atoms with Crippen LogP contribution in [0.15, 0.2) is 22.9 Å². The van der Waals surface area contributed by atoms with Gasteiger partial charge in [0.15, 0.2) is 5.82 Å². The number of nitrogens with one attached hydrogen (secondary N) is 1. The van der Waals surface area contributed by atoms with Crippen molar-refractivity contribution in [1.29, 1.82) is 5.26 Å². The summed E-state index contributed by atoms with van der Waals surface area (Å²) in [5, 5.41) is 15.4. The van der Waals surface area contributed by atoms with E-state index in [0.717, 1.165) is 0 Å². The first kappa shape index (κ1) is 11.0. The highest BCUT2D eigenvalue weighted by Crippen LogP contribution is 2.13. The molecule has 0 fully saturated rings. The van der Waals surface area contributed by atoms with Crippen molar-refractivity contribution in [3.63, 3.8) is 0 Å². The number of rotatable bonds is 2. The van der Waals surface area contributed by atoms with E-state index >= 15 is 0 Å². The molecule has 0 saturated heterocycles. The number of carbonyl (C=O) groups is 1. The van der Waals surface area contributed by atoms with Gasteiger partial charge in [0.1, 0.15) is 23.7 Å². The first-order valence-electron chi connectivity index (χ1n) is 4.90. The Morgan fingerprint density at radius 3 is 3.00 bits per heavy atom. The van der Waals surface area contributed by atoms with E-state index in [4.69, 9.17) is 9.68 Å². The SMILES string of the molecule is Cc1cc(C(=O)Nc2nn(C)cc2C#N)co1. The molecule has 6 nitrogen and oxygen atoms in total. The molecule has 86 valence electrons. The minimum absolute atomic E-state index is 0.249. The third-order valence-electron chi connectivity index (χ3n) is 2.17. The second kappa shape index (κ2) is 4.14. The molecular formula is C11H10N4O2. The quantitative estimate of drug-likeness (QED) is 0.846. The molecule has 1 amide bonds. The van der Waals surface area contributed by atoms with Gasteiger partial charge < -0.3 is 9.73 Å². The van der Waals surface area contributed by atoms with Gasteiger partial charge in [0, 0.05) is 13.2 Å². The van der Waals surface area contributed by atoms with Crippen LogP contribution < -0.4 is 5.32 Å². The molecule has 6 heteroatoms. The number of anilines is 1. The third-order valence-corrected chi connectivity index (χ3v) is 2.17. The largest absolute Gasteiger partial charge is 0.469 e. The van der Waals surface area contributed by atoms with Gasteiger partial charge in [-0.2, -0.15) is 10.4 Å². The van der Waals surface area contributed by atoms with Crippen molar-refractivity contribution in [2.45, 2.75) is 6.92 Å². The second-order valence-corrected chi connectivity index (χ2v) is 3.58. The number of carbonyl (C=O) groups excluding carboxylic acids is 1. The van der Waals surface area contributed by atoms with Crippen LogP contribution in [0.1, 0.15) is 21.7 Å². The Bertz CT molecular complexity index is 603. The molecule has 2 aromatic heterocycles. The number of aromatic nitrogens is 2. The van der Waals surface area contributed by atoms with Gasteiger partial charge in [-0.3, -0.25) is 9.48 Å². The lowest BCUT2D eigenvalue weighted by atomic mass is 10.3. The first-order valence-corrected chi connectivity index (χ1v) is 4.90. The molecule has 1 N–H and O–H groups in total. The van der Waals surface area contributed by atoms with Crippen molar-refractivity contribution < 1.29 is 9.21 Å². The lowest BCUT2D eigenvalue weighted by Crippen LogP contribution is -2.12. The molecule has 0 aliphatic rings. The molecule has 0 radical (unpaired) electrons. The van der Waals surface area contributed by atoms with Crippen LogP contribution >= 0.6 is 0 Å². The van der Waals surface area contributed by atoms with Gasteiger partial charge in [0.25, 0.3) is 5.91 Å². The molecule has 2 heterocycles. The summed E-state index contributed by atoms with van der Waals surface area (Å²) >= 11 is 0. The monoisotopic (exact) mass is 230 g/mol. The summed E-state index contributed by atoms with van der Waals surface area (Å²) < 4.78 is 6.50. The van der Waals surface area contributed by atoms with E-state index < -0.39 is 0 Å². The molecule has 0 aliphatic carbocycles. The Morgan fingerprint density at radius 1 is 1.65 bits per heavy atom. The molecular weight excluding hydrogens is 220 g/mol. The van der Waals surface area contributed by atoms with Gasteiger partial charge in [-0.15, -0.1) is 0 Å². The number of aryl methyl sites for hydroxylation is 2. The first-order chi connectivity index (χ1) is 8.10.